The summed E-state index contributed by atoms with van der Waals surface area (Å²) in [7, 11) is 0. The summed E-state index contributed by atoms with van der Waals surface area (Å²) in [5, 5.41) is 2.82. The maximum absolute atomic E-state index is 12.7. The first kappa shape index (κ1) is 19.7. The summed E-state index contributed by atoms with van der Waals surface area (Å²) in [6.45, 7) is 8.61. The Morgan fingerprint density at radius 2 is 2.12 bits per heavy atom. The van der Waals surface area contributed by atoms with Crippen molar-refractivity contribution in [3.8, 4) is 0 Å². The van der Waals surface area contributed by atoms with Crippen molar-refractivity contribution in [2.45, 2.75) is 71.4 Å². The Bertz CT molecular complexity index is 531. The third-order valence-corrected chi connectivity index (χ3v) is 4.80. The summed E-state index contributed by atoms with van der Waals surface area (Å²) < 4.78 is 10.4. The van der Waals surface area contributed by atoms with Gasteiger partial charge in [0.05, 0.1) is 6.42 Å². The zero-order valence-corrected chi connectivity index (χ0v) is 15.5. The van der Waals surface area contributed by atoms with Crippen LogP contribution in [0.2, 0.25) is 0 Å². The molecule has 0 aromatic heterocycles. The fraction of sp³-hybridized carbons (Fsp3) is 0.824. The molecule has 2 saturated heterocycles. The molecule has 0 radical (unpaired) electrons. The number of likely N-dealkylation sites (tertiary alicyclic amines) is 1. The number of carbonyl (C=O) groups excluding carboxylic acids is 3. The van der Waals surface area contributed by atoms with Crippen molar-refractivity contribution in [1.82, 2.24) is 10.2 Å². The van der Waals surface area contributed by atoms with Crippen LogP contribution in [0.25, 0.3) is 0 Å². The largest absolute Gasteiger partial charge is 0.433 e. The number of esters is 1. The predicted molar refractivity (Wildman–Crippen MR) is 88.9 cm³/mol. The number of ether oxygens (including phenoxy) is 2. The van der Waals surface area contributed by atoms with Crippen molar-refractivity contribution < 1.29 is 29.6 Å². The van der Waals surface area contributed by atoms with Crippen LogP contribution in [0.5, 0.6) is 0 Å². The molecular weight excluding hydrogens is 326 g/mol. The lowest BCUT2D eigenvalue weighted by atomic mass is 9.86. The van der Waals surface area contributed by atoms with Gasteiger partial charge in [0.15, 0.2) is 6.04 Å². The molecule has 2 rings (SSSR count). The summed E-state index contributed by atoms with van der Waals surface area (Å²) in [5.74, 6) is -0.765. The molecule has 25 heavy (non-hydrogen) atoms. The van der Waals surface area contributed by atoms with E-state index in [4.69, 9.17) is 9.47 Å². The van der Waals surface area contributed by atoms with Gasteiger partial charge in [-0.3, -0.25) is 14.4 Å². The molecule has 4 atom stereocenters. The minimum absolute atomic E-state index is 0.0804. The van der Waals surface area contributed by atoms with Crippen molar-refractivity contribution in [3.05, 3.63) is 0 Å². The van der Waals surface area contributed by atoms with Crippen molar-refractivity contribution in [1.29, 1.82) is 0 Å². The standard InChI is InChI=1S/C17H29N3O5/c1-5-24-16-10(9-12(21)25-16)19-14(22)11-7-6-8-20(11)15(23)13(18)17(2,3)4/h10-11,13,16H,5-9,18H2,1-4H3,(H,19,22)/p+1/t10-,11?,13+,16+/m0/s1. The highest BCUT2D eigenvalue weighted by Crippen LogP contribution is 2.24. The van der Waals surface area contributed by atoms with Crippen LogP contribution in [0.3, 0.4) is 0 Å². The number of amides is 2. The Labute approximate surface area is 148 Å². The molecule has 2 aliphatic rings. The normalized spacial score (nSPS) is 28.0. The third kappa shape index (κ3) is 4.49. The summed E-state index contributed by atoms with van der Waals surface area (Å²) in [5.41, 5.74) is 3.72. The number of hydrogen-bond donors (Lipinski definition) is 2. The minimum atomic E-state index is -0.762. The fourth-order valence-electron chi connectivity index (χ4n) is 3.12. The number of rotatable bonds is 5. The lowest BCUT2D eigenvalue weighted by Gasteiger charge is -2.31. The third-order valence-electron chi connectivity index (χ3n) is 4.80. The number of hydrogen-bond acceptors (Lipinski definition) is 5. The van der Waals surface area contributed by atoms with Gasteiger partial charge in [-0.15, -0.1) is 0 Å². The van der Waals surface area contributed by atoms with Gasteiger partial charge < -0.3 is 25.4 Å². The molecule has 0 bridgehead atoms. The molecule has 2 aliphatic heterocycles. The second-order valence-corrected chi connectivity index (χ2v) is 7.74. The molecule has 4 N–H and O–H groups in total. The van der Waals surface area contributed by atoms with E-state index >= 15 is 0 Å². The highest BCUT2D eigenvalue weighted by molar-refractivity contribution is 5.90. The Morgan fingerprint density at radius 1 is 1.44 bits per heavy atom. The SMILES string of the molecule is CCO[C@@H]1OC(=O)C[C@@H]1NC(=O)C1CCCN1C(=O)[C@@H]([NH3+])C(C)(C)C. The van der Waals surface area contributed by atoms with Crippen LogP contribution in [0.4, 0.5) is 0 Å². The van der Waals surface area contributed by atoms with Crippen molar-refractivity contribution in [2.24, 2.45) is 5.41 Å². The first-order valence-corrected chi connectivity index (χ1v) is 8.90. The average Bonchev–Trinajstić information content (AvgIpc) is 3.12. The molecule has 142 valence electrons. The van der Waals surface area contributed by atoms with E-state index in [0.29, 0.717) is 19.6 Å². The van der Waals surface area contributed by atoms with E-state index < -0.39 is 30.4 Å². The van der Waals surface area contributed by atoms with Crippen LogP contribution in [-0.2, 0) is 23.9 Å². The molecule has 2 heterocycles. The van der Waals surface area contributed by atoms with Gasteiger partial charge in [-0.2, -0.15) is 0 Å². The summed E-state index contributed by atoms with van der Waals surface area (Å²) in [4.78, 5) is 38.5. The number of nitrogens with one attached hydrogen (secondary N) is 1. The lowest BCUT2D eigenvalue weighted by molar-refractivity contribution is -0.428. The molecule has 8 heteroatoms. The fourth-order valence-corrected chi connectivity index (χ4v) is 3.12. The Hall–Kier alpha value is -1.67. The Kier molecular flexibility index (Phi) is 6.05. The van der Waals surface area contributed by atoms with Gasteiger partial charge in [0.1, 0.15) is 12.1 Å². The predicted octanol–water partition coefficient (Wildman–Crippen LogP) is -0.572. The van der Waals surface area contributed by atoms with Crippen LogP contribution in [0.1, 0.15) is 47.0 Å². The van der Waals surface area contributed by atoms with Gasteiger partial charge in [0, 0.05) is 18.6 Å². The van der Waals surface area contributed by atoms with Crippen molar-refractivity contribution in [3.63, 3.8) is 0 Å². The smallest absolute Gasteiger partial charge is 0.310 e. The number of cyclic esters (lactones) is 1. The first-order chi connectivity index (χ1) is 11.6. The first-order valence-electron chi connectivity index (χ1n) is 8.90. The molecule has 0 aromatic rings. The second kappa shape index (κ2) is 7.70. The highest BCUT2D eigenvalue weighted by atomic mass is 16.7. The van der Waals surface area contributed by atoms with E-state index in [9.17, 15) is 14.4 Å². The maximum atomic E-state index is 12.7. The van der Waals surface area contributed by atoms with Gasteiger partial charge in [-0.1, -0.05) is 20.8 Å². The van der Waals surface area contributed by atoms with E-state index in [-0.39, 0.29) is 23.7 Å². The quantitative estimate of drug-likeness (QED) is 0.641. The Morgan fingerprint density at radius 3 is 2.72 bits per heavy atom. The topological polar surface area (TPSA) is 113 Å². The molecule has 2 fully saturated rings. The van der Waals surface area contributed by atoms with E-state index in [1.54, 1.807) is 11.8 Å². The maximum Gasteiger partial charge on any atom is 0.310 e. The number of nitrogens with zero attached hydrogens (tertiary/aromatic N) is 1. The van der Waals surface area contributed by atoms with Gasteiger partial charge >= 0.3 is 5.97 Å². The van der Waals surface area contributed by atoms with E-state index in [2.05, 4.69) is 11.1 Å². The van der Waals surface area contributed by atoms with Crippen LogP contribution >= 0.6 is 0 Å². The molecule has 0 spiro atoms. The molecular formula is C17H30N3O5+. The van der Waals surface area contributed by atoms with Crippen molar-refractivity contribution >= 4 is 17.8 Å². The van der Waals surface area contributed by atoms with Gasteiger partial charge in [-0.25, -0.2) is 0 Å². The highest BCUT2D eigenvalue weighted by Gasteiger charge is 2.43. The molecule has 0 saturated carbocycles. The number of carbonyl (C=O) groups is 3. The van der Waals surface area contributed by atoms with Gasteiger partial charge in [0.25, 0.3) is 5.91 Å². The van der Waals surface area contributed by atoms with Crippen LogP contribution in [0.15, 0.2) is 0 Å². The lowest BCUT2D eigenvalue weighted by Crippen LogP contribution is -2.73. The molecule has 0 aliphatic carbocycles. The van der Waals surface area contributed by atoms with Gasteiger partial charge in [0.2, 0.25) is 12.2 Å². The molecule has 2 amide bonds. The van der Waals surface area contributed by atoms with Crippen molar-refractivity contribution in [2.75, 3.05) is 13.2 Å². The molecule has 1 unspecified atom stereocenters. The monoisotopic (exact) mass is 356 g/mol. The van der Waals surface area contributed by atoms with Gasteiger partial charge in [-0.05, 0) is 19.8 Å². The molecule has 8 nitrogen and oxygen atoms in total. The zero-order valence-electron chi connectivity index (χ0n) is 15.5. The number of quaternary nitrogens is 1. The molecule has 0 aromatic carbocycles. The van der Waals surface area contributed by atoms with E-state index in [1.807, 2.05) is 20.8 Å². The Balaban J connectivity index is 2.03. The second-order valence-electron chi connectivity index (χ2n) is 7.74. The zero-order chi connectivity index (χ0) is 18.8. The van der Waals surface area contributed by atoms with E-state index in [0.717, 1.165) is 6.42 Å². The minimum Gasteiger partial charge on any atom is -0.433 e. The summed E-state index contributed by atoms with van der Waals surface area (Å²) in [6.07, 6.45) is 0.698. The van der Waals surface area contributed by atoms with Crippen LogP contribution in [-0.4, -0.2) is 60.3 Å². The van der Waals surface area contributed by atoms with Crippen LogP contribution < -0.4 is 11.1 Å². The average molecular weight is 356 g/mol. The van der Waals surface area contributed by atoms with E-state index in [1.165, 1.54) is 0 Å². The summed E-state index contributed by atoms with van der Waals surface area (Å²) >= 11 is 0. The van der Waals surface area contributed by atoms with Crippen LogP contribution in [0, 0.1) is 5.41 Å². The summed E-state index contributed by atoms with van der Waals surface area (Å²) in [6, 6.07) is -1.47.